The predicted octanol–water partition coefficient (Wildman–Crippen LogP) is 4.27. The quantitative estimate of drug-likeness (QED) is 0.528. The smallest absolute Gasteiger partial charge is 0.257 e. The van der Waals surface area contributed by atoms with E-state index in [-0.39, 0.29) is 17.7 Å². The van der Waals surface area contributed by atoms with Crippen molar-refractivity contribution in [3.63, 3.8) is 0 Å². The van der Waals surface area contributed by atoms with Gasteiger partial charge in [-0.3, -0.25) is 9.59 Å². The number of benzene rings is 2. The number of methoxy groups -OCH3 is 1. The maximum Gasteiger partial charge on any atom is 0.257 e. The van der Waals surface area contributed by atoms with Gasteiger partial charge in [-0.25, -0.2) is 4.68 Å². The molecule has 7 nitrogen and oxygen atoms in total. The highest BCUT2D eigenvalue weighted by molar-refractivity contribution is 6.00. The molecule has 0 aliphatic carbocycles. The van der Waals surface area contributed by atoms with Crippen molar-refractivity contribution in [3.8, 4) is 22.7 Å². The molecule has 1 aliphatic heterocycles. The van der Waals surface area contributed by atoms with Crippen molar-refractivity contribution in [1.82, 2.24) is 19.6 Å². The van der Waals surface area contributed by atoms with Gasteiger partial charge in [-0.2, -0.15) is 5.10 Å². The monoisotopic (exact) mass is 460 g/mol. The van der Waals surface area contributed by atoms with Crippen LogP contribution in [0.1, 0.15) is 37.0 Å². The van der Waals surface area contributed by atoms with Gasteiger partial charge in [-0.1, -0.05) is 18.2 Å². The summed E-state index contributed by atoms with van der Waals surface area (Å²) in [6.07, 6.45) is 3.18. The van der Waals surface area contributed by atoms with E-state index in [1.165, 1.54) is 0 Å². The maximum atomic E-state index is 13.6. The molecule has 0 unspecified atom stereocenters. The van der Waals surface area contributed by atoms with Crippen LogP contribution in [0, 0.1) is 5.92 Å². The SMILES string of the molecule is CCN(CC)C(=O)C1CCN(C(=O)c2cn(-c3ccccc3)nc2-c2ccc(OC)cc2)CC1. The van der Waals surface area contributed by atoms with E-state index in [1.807, 2.05) is 84.4 Å². The van der Waals surface area contributed by atoms with Gasteiger partial charge >= 0.3 is 0 Å². The lowest BCUT2D eigenvalue weighted by atomic mass is 9.94. The van der Waals surface area contributed by atoms with Crippen LogP contribution in [0.2, 0.25) is 0 Å². The van der Waals surface area contributed by atoms with Crippen molar-refractivity contribution in [2.24, 2.45) is 5.92 Å². The van der Waals surface area contributed by atoms with Gasteiger partial charge < -0.3 is 14.5 Å². The van der Waals surface area contributed by atoms with Crippen molar-refractivity contribution < 1.29 is 14.3 Å². The molecule has 1 aromatic heterocycles. The first-order valence-corrected chi connectivity index (χ1v) is 11.9. The zero-order valence-electron chi connectivity index (χ0n) is 20.1. The van der Waals surface area contributed by atoms with Crippen LogP contribution in [0.5, 0.6) is 5.75 Å². The number of para-hydroxylation sites is 1. The fourth-order valence-corrected chi connectivity index (χ4v) is 4.50. The van der Waals surface area contributed by atoms with E-state index in [0.29, 0.717) is 37.2 Å². The number of ether oxygens (including phenoxy) is 1. The first-order valence-electron chi connectivity index (χ1n) is 11.9. The molecule has 7 heteroatoms. The minimum absolute atomic E-state index is 0.0166. The molecule has 2 aromatic carbocycles. The highest BCUT2D eigenvalue weighted by Crippen LogP contribution is 2.28. The van der Waals surface area contributed by atoms with E-state index in [2.05, 4.69) is 0 Å². The first-order chi connectivity index (χ1) is 16.5. The average Bonchev–Trinajstić information content (AvgIpc) is 3.35. The van der Waals surface area contributed by atoms with Gasteiger partial charge in [-0.05, 0) is 63.1 Å². The minimum Gasteiger partial charge on any atom is -0.497 e. The van der Waals surface area contributed by atoms with Crippen LogP contribution in [-0.4, -0.2) is 64.7 Å². The normalized spacial score (nSPS) is 14.1. The Balaban J connectivity index is 1.59. The third-order valence-electron chi connectivity index (χ3n) is 6.54. The molecule has 0 bridgehead atoms. The number of amides is 2. The number of carbonyl (C=O) groups excluding carboxylic acids is 2. The van der Waals surface area contributed by atoms with Crippen LogP contribution in [0.15, 0.2) is 60.8 Å². The number of carbonyl (C=O) groups is 2. The molecule has 1 aliphatic rings. The Labute approximate surface area is 200 Å². The number of hydrogen-bond donors (Lipinski definition) is 0. The average molecular weight is 461 g/mol. The molecule has 3 aromatic rings. The molecule has 1 saturated heterocycles. The third-order valence-corrected chi connectivity index (χ3v) is 6.54. The summed E-state index contributed by atoms with van der Waals surface area (Å²) in [7, 11) is 1.63. The Bertz CT molecular complexity index is 1110. The molecule has 0 atom stereocenters. The Hall–Kier alpha value is -3.61. The summed E-state index contributed by atoms with van der Waals surface area (Å²) in [6, 6.07) is 17.3. The largest absolute Gasteiger partial charge is 0.497 e. The van der Waals surface area contributed by atoms with Crippen LogP contribution in [0.25, 0.3) is 16.9 Å². The number of nitrogens with zero attached hydrogens (tertiary/aromatic N) is 4. The molecule has 0 spiro atoms. The van der Waals surface area contributed by atoms with Crippen molar-refractivity contribution in [2.75, 3.05) is 33.3 Å². The third kappa shape index (κ3) is 4.83. The van der Waals surface area contributed by atoms with E-state index in [1.54, 1.807) is 11.8 Å². The van der Waals surface area contributed by atoms with E-state index < -0.39 is 0 Å². The van der Waals surface area contributed by atoms with Gasteiger partial charge in [-0.15, -0.1) is 0 Å². The second-order valence-electron chi connectivity index (χ2n) is 8.48. The predicted molar refractivity (Wildman–Crippen MR) is 132 cm³/mol. The molecule has 0 saturated carbocycles. The number of aromatic nitrogens is 2. The van der Waals surface area contributed by atoms with Crippen LogP contribution in [0.4, 0.5) is 0 Å². The Morgan fingerprint density at radius 2 is 1.65 bits per heavy atom. The summed E-state index contributed by atoms with van der Waals surface area (Å²) in [6.45, 7) is 6.58. The standard InChI is InChI=1S/C27H32N4O3/c1-4-29(5-2)26(32)21-15-17-30(18-16-21)27(33)24-19-31(22-9-7-6-8-10-22)28-25(24)20-11-13-23(34-3)14-12-20/h6-14,19,21H,4-5,15-18H2,1-3H3. The number of likely N-dealkylation sites (tertiary alicyclic amines) is 1. The zero-order chi connectivity index (χ0) is 24.1. The molecular weight excluding hydrogens is 428 g/mol. The summed E-state index contributed by atoms with van der Waals surface area (Å²) in [5, 5.41) is 4.78. The number of piperidine rings is 1. The number of rotatable bonds is 7. The van der Waals surface area contributed by atoms with Gasteiger partial charge in [0.1, 0.15) is 11.4 Å². The summed E-state index contributed by atoms with van der Waals surface area (Å²) in [4.78, 5) is 30.1. The van der Waals surface area contributed by atoms with E-state index in [9.17, 15) is 9.59 Å². The fraction of sp³-hybridized carbons (Fsp3) is 0.370. The van der Waals surface area contributed by atoms with Crippen LogP contribution >= 0.6 is 0 Å². The van der Waals surface area contributed by atoms with E-state index >= 15 is 0 Å². The molecule has 178 valence electrons. The van der Waals surface area contributed by atoms with Gasteiger partial charge in [0.05, 0.1) is 18.4 Å². The molecule has 0 radical (unpaired) electrons. The molecule has 0 N–H and O–H groups in total. The molecule has 1 fully saturated rings. The lowest BCUT2D eigenvalue weighted by Gasteiger charge is -2.33. The highest BCUT2D eigenvalue weighted by atomic mass is 16.5. The highest BCUT2D eigenvalue weighted by Gasteiger charge is 2.31. The van der Waals surface area contributed by atoms with Gasteiger partial charge in [0.25, 0.3) is 5.91 Å². The Morgan fingerprint density at radius 3 is 2.24 bits per heavy atom. The summed E-state index contributed by atoms with van der Waals surface area (Å²) in [5.41, 5.74) is 2.94. The lowest BCUT2D eigenvalue weighted by molar-refractivity contribution is -0.136. The van der Waals surface area contributed by atoms with Gasteiger partial charge in [0.2, 0.25) is 5.91 Å². The van der Waals surface area contributed by atoms with Gasteiger partial charge in [0, 0.05) is 43.9 Å². The Kier molecular flexibility index (Phi) is 7.30. The lowest BCUT2D eigenvalue weighted by Crippen LogP contribution is -2.44. The second-order valence-corrected chi connectivity index (χ2v) is 8.48. The molecule has 4 rings (SSSR count). The van der Waals surface area contributed by atoms with Crippen molar-refractivity contribution in [1.29, 1.82) is 0 Å². The second kappa shape index (κ2) is 10.5. The van der Waals surface area contributed by atoms with E-state index in [0.717, 1.165) is 30.1 Å². The van der Waals surface area contributed by atoms with Crippen molar-refractivity contribution in [2.45, 2.75) is 26.7 Å². The first kappa shape index (κ1) is 23.5. The van der Waals surface area contributed by atoms with Crippen molar-refractivity contribution >= 4 is 11.8 Å². The molecule has 34 heavy (non-hydrogen) atoms. The summed E-state index contributed by atoms with van der Waals surface area (Å²) < 4.78 is 7.04. The minimum atomic E-state index is -0.0539. The topological polar surface area (TPSA) is 67.7 Å². The van der Waals surface area contributed by atoms with Crippen molar-refractivity contribution in [3.05, 3.63) is 66.4 Å². The van der Waals surface area contributed by atoms with Gasteiger partial charge in [0.15, 0.2) is 0 Å². The Morgan fingerprint density at radius 1 is 1.00 bits per heavy atom. The van der Waals surface area contributed by atoms with Crippen LogP contribution in [-0.2, 0) is 4.79 Å². The molecular formula is C27H32N4O3. The molecule has 2 heterocycles. The zero-order valence-corrected chi connectivity index (χ0v) is 20.1. The molecule has 2 amide bonds. The maximum absolute atomic E-state index is 13.6. The fourth-order valence-electron chi connectivity index (χ4n) is 4.50. The van der Waals surface area contributed by atoms with Crippen LogP contribution < -0.4 is 4.74 Å². The number of hydrogen-bond acceptors (Lipinski definition) is 4. The summed E-state index contributed by atoms with van der Waals surface area (Å²) >= 11 is 0. The van der Waals surface area contributed by atoms with E-state index in [4.69, 9.17) is 9.84 Å². The van der Waals surface area contributed by atoms with Crippen LogP contribution in [0.3, 0.4) is 0 Å². The summed E-state index contributed by atoms with van der Waals surface area (Å²) in [5.74, 6) is 0.880.